The maximum atomic E-state index is 13.4. The van der Waals surface area contributed by atoms with Crippen LogP contribution in [0.15, 0.2) is 0 Å². The summed E-state index contributed by atoms with van der Waals surface area (Å²) in [6.45, 7) is 1.75. The summed E-state index contributed by atoms with van der Waals surface area (Å²) in [5, 5.41) is 0. The van der Waals surface area contributed by atoms with E-state index < -0.39 is 43.4 Å². The van der Waals surface area contributed by atoms with E-state index in [9.17, 15) is 22.0 Å². The zero-order chi connectivity index (χ0) is 17.6. The van der Waals surface area contributed by atoms with Crippen molar-refractivity contribution in [2.45, 2.75) is 31.9 Å². The second-order valence-corrected chi connectivity index (χ2v) is 8.72. The van der Waals surface area contributed by atoms with Gasteiger partial charge in [0.25, 0.3) is 0 Å². The van der Waals surface area contributed by atoms with Gasteiger partial charge in [0.2, 0.25) is 29.1 Å². The Hall–Kier alpha value is -1.19. The first kappa shape index (κ1) is 19.9. The van der Waals surface area contributed by atoms with E-state index in [2.05, 4.69) is 0 Å². The Morgan fingerprint density at radius 3 is 1.70 bits per heavy atom. The first-order valence-electron chi connectivity index (χ1n) is 7.08. The van der Waals surface area contributed by atoms with Crippen LogP contribution in [-0.2, 0) is 8.85 Å². The van der Waals surface area contributed by atoms with Gasteiger partial charge in [-0.2, -0.15) is 8.78 Å². The number of ether oxygens (including phenoxy) is 1. The van der Waals surface area contributed by atoms with Crippen molar-refractivity contribution in [3.63, 3.8) is 0 Å². The molecule has 0 spiro atoms. The van der Waals surface area contributed by atoms with Gasteiger partial charge >= 0.3 is 8.56 Å². The molecule has 0 radical (unpaired) electrons. The fourth-order valence-electron chi connectivity index (χ4n) is 2.14. The predicted molar refractivity (Wildman–Crippen MR) is 76.0 cm³/mol. The normalized spacial score (nSPS) is 11.8. The van der Waals surface area contributed by atoms with Crippen LogP contribution < -0.4 is 4.74 Å². The van der Waals surface area contributed by atoms with E-state index in [1.807, 2.05) is 6.92 Å². The molecule has 132 valence electrons. The minimum absolute atomic E-state index is 0.181. The van der Waals surface area contributed by atoms with Gasteiger partial charge in [0.1, 0.15) is 0 Å². The Labute approximate surface area is 132 Å². The molecule has 0 atom stereocenters. The van der Waals surface area contributed by atoms with Crippen molar-refractivity contribution in [2.24, 2.45) is 0 Å². The van der Waals surface area contributed by atoms with Crippen LogP contribution in [0.3, 0.4) is 0 Å². The lowest BCUT2D eigenvalue weighted by Gasteiger charge is -2.25. The van der Waals surface area contributed by atoms with Crippen LogP contribution in [0.1, 0.15) is 19.8 Å². The molecule has 0 aliphatic rings. The molecule has 0 N–H and O–H groups in total. The van der Waals surface area contributed by atoms with E-state index in [1.54, 1.807) is 14.2 Å². The number of rotatable bonds is 9. The third kappa shape index (κ3) is 4.42. The van der Waals surface area contributed by atoms with Gasteiger partial charge in [-0.15, -0.1) is 0 Å². The zero-order valence-corrected chi connectivity index (χ0v) is 14.2. The highest BCUT2D eigenvalue weighted by molar-refractivity contribution is 6.67. The van der Waals surface area contributed by atoms with E-state index in [1.165, 1.54) is 0 Å². The Morgan fingerprint density at radius 2 is 1.26 bits per heavy atom. The van der Waals surface area contributed by atoms with Crippen LogP contribution in [0.2, 0.25) is 12.1 Å². The summed E-state index contributed by atoms with van der Waals surface area (Å²) >= 11 is 0. The molecule has 0 aliphatic heterocycles. The number of hydrogen-bond donors (Lipinski definition) is 0. The van der Waals surface area contributed by atoms with Crippen LogP contribution in [0, 0.1) is 29.1 Å². The summed E-state index contributed by atoms with van der Waals surface area (Å²) in [6.07, 6.45) is 0.943. The average molecular weight is 358 g/mol. The Morgan fingerprint density at radius 1 is 0.783 bits per heavy atom. The first-order chi connectivity index (χ1) is 10.8. The maximum Gasteiger partial charge on any atom is 0.337 e. The van der Waals surface area contributed by atoms with Crippen molar-refractivity contribution in [2.75, 3.05) is 20.8 Å². The van der Waals surface area contributed by atoms with Gasteiger partial charge in [-0.05, 0) is 24.9 Å². The van der Waals surface area contributed by atoms with Crippen molar-refractivity contribution < 1.29 is 35.5 Å². The molecular formula is C14H19F5O3Si. The van der Waals surface area contributed by atoms with Gasteiger partial charge in [-0.1, -0.05) is 6.92 Å². The lowest BCUT2D eigenvalue weighted by Crippen LogP contribution is -2.38. The molecule has 0 amide bonds. The van der Waals surface area contributed by atoms with Gasteiger partial charge in [-0.3, -0.25) is 0 Å². The highest BCUT2D eigenvalue weighted by atomic mass is 28.4. The van der Waals surface area contributed by atoms with Crippen molar-refractivity contribution in [1.29, 1.82) is 0 Å². The van der Waals surface area contributed by atoms with Crippen molar-refractivity contribution in [3.8, 4) is 5.75 Å². The maximum absolute atomic E-state index is 13.4. The summed E-state index contributed by atoms with van der Waals surface area (Å²) in [7, 11) is 0.853. The molecule has 0 fully saturated rings. The van der Waals surface area contributed by atoms with Crippen LogP contribution >= 0.6 is 0 Å². The fraction of sp³-hybridized carbons (Fsp3) is 0.571. The third-order valence-electron chi connectivity index (χ3n) is 3.65. The molecule has 0 aliphatic carbocycles. The van der Waals surface area contributed by atoms with Gasteiger partial charge < -0.3 is 13.6 Å². The van der Waals surface area contributed by atoms with Crippen molar-refractivity contribution >= 4 is 8.56 Å². The Kier molecular flexibility index (Phi) is 7.42. The highest BCUT2D eigenvalue weighted by Crippen LogP contribution is 2.29. The molecule has 1 aromatic rings. The van der Waals surface area contributed by atoms with E-state index in [0.717, 1.165) is 6.04 Å². The minimum atomic E-state index is -2.27. The largest absolute Gasteiger partial charge is 0.487 e. The molecule has 9 heteroatoms. The van der Waals surface area contributed by atoms with Crippen molar-refractivity contribution in [3.05, 3.63) is 29.1 Å². The van der Waals surface area contributed by atoms with Gasteiger partial charge in [0.05, 0.1) is 6.61 Å². The molecule has 0 saturated heterocycles. The summed E-state index contributed by atoms with van der Waals surface area (Å²) in [5.74, 6) is -11.4. The topological polar surface area (TPSA) is 27.7 Å². The van der Waals surface area contributed by atoms with Crippen LogP contribution in [0.25, 0.3) is 0 Å². The van der Waals surface area contributed by atoms with E-state index in [-0.39, 0.29) is 6.61 Å². The smallest absolute Gasteiger partial charge is 0.337 e. The molecule has 0 aromatic heterocycles. The van der Waals surface area contributed by atoms with Gasteiger partial charge in [0, 0.05) is 14.2 Å². The second-order valence-electron chi connectivity index (χ2n) is 4.88. The Balaban J connectivity index is 2.61. The molecule has 0 saturated carbocycles. The average Bonchev–Trinajstić information content (AvgIpc) is 2.57. The molecule has 3 nitrogen and oxygen atoms in total. The summed E-state index contributed by atoms with van der Waals surface area (Å²) in [4.78, 5) is 0. The SMILES string of the molecule is CC[Si](CCCCOc1c(F)c(F)c(F)c(F)c1F)(OC)OC. The molecule has 0 bridgehead atoms. The van der Waals surface area contributed by atoms with E-state index in [0.29, 0.717) is 18.9 Å². The Bertz CT molecular complexity index is 500. The van der Waals surface area contributed by atoms with Crippen molar-refractivity contribution in [1.82, 2.24) is 0 Å². The lowest BCUT2D eigenvalue weighted by atomic mass is 10.2. The minimum Gasteiger partial charge on any atom is -0.487 e. The zero-order valence-electron chi connectivity index (χ0n) is 13.2. The first-order valence-corrected chi connectivity index (χ1v) is 9.31. The van der Waals surface area contributed by atoms with Crippen LogP contribution in [0.4, 0.5) is 22.0 Å². The van der Waals surface area contributed by atoms with Crippen LogP contribution in [-0.4, -0.2) is 29.4 Å². The van der Waals surface area contributed by atoms with Crippen LogP contribution in [0.5, 0.6) is 5.75 Å². The molecule has 0 heterocycles. The number of halogens is 5. The molecule has 1 rings (SSSR count). The number of hydrogen-bond acceptors (Lipinski definition) is 3. The molecular weight excluding hydrogens is 339 g/mol. The fourth-order valence-corrected chi connectivity index (χ4v) is 4.43. The quantitative estimate of drug-likeness (QED) is 0.217. The summed E-state index contributed by atoms with van der Waals surface area (Å²) in [5.41, 5.74) is 0. The molecule has 23 heavy (non-hydrogen) atoms. The molecule has 1 aromatic carbocycles. The summed E-state index contributed by atoms with van der Waals surface area (Å²) < 4.78 is 81.2. The standard InChI is InChI=1S/C14H19F5O3Si/c1-4-23(20-2,21-3)8-6-5-7-22-14-12(18)10(16)9(15)11(17)13(14)19/h4-8H2,1-3H3. The second kappa shape index (κ2) is 8.60. The number of unbranched alkanes of at least 4 members (excludes halogenated alkanes) is 1. The third-order valence-corrected chi connectivity index (χ3v) is 7.33. The van der Waals surface area contributed by atoms with Gasteiger partial charge in [-0.25, -0.2) is 13.2 Å². The summed E-state index contributed by atoms with van der Waals surface area (Å²) in [6, 6.07) is 1.37. The molecule has 0 unspecified atom stereocenters. The lowest BCUT2D eigenvalue weighted by molar-refractivity contribution is 0.235. The van der Waals surface area contributed by atoms with E-state index >= 15 is 0 Å². The monoisotopic (exact) mass is 358 g/mol. The predicted octanol–water partition coefficient (Wildman–Crippen LogP) is 4.30. The van der Waals surface area contributed by atoms with E-state index in [4.69, 9.17) is 13.6 Å². The van der Waals surface area contributed by atoms with Gasteiger partial charge in [0.15, 0.2) is 5.75 Å². The number of benzene rings is 1. The highest BCUT2D eigenvalue weighted by Gasteiger charge is 2.32.